The van der Waals surface area contributed by atoms with Gasteiger partial charge in [0.2, 0.25) is 0 Å². The Bertz CT molecular complexity index is 494. The molecule has 0 radical (unpaired) electrons. The lowest BCUT2D eigenvalue weighted by Crippen LogP contribution is -2.40. The molecule has 2 unspecified atom stereocenters. The highest BCUT2D eigenvalue weighted by molar-refractivity contribution is 5.22. The van der Waals surface area contributed by atoms with Gasteiger partial charge >= 0.3 is 0 Å². The van der Waals surface area contributed by atoms with Crippen LogP contribution in [0.2, 0.25) is 0 Å². The third kappa shape index (κ3) is 5.41. The summed E-state index contributed by atoms with van der Waals surface area (Å²) < 4.78 is 23.7. The van der Waals surface area contributed by atoms with Crippen molar-refractivity contribution in [3.63, 3.8) is 0 Å². The molecule has 2 aliphatic heterocycles. The molecule has 24 heavy (non-hydrogen) atoms. The molecule has 1 N–H and O–H groups in total. The Balaban J connectivity index is 1.34. The minimum absolute atomic E-state index is 0.232. The smallest absolute Gasteiger partial charge is 0.123 e. The predicted octanol–water partition coefficient (Wildman–Crippen LogP) is 1.22. The summed E-state index contributed by atoms with van der Waals surface area (Å²) in [6.45, 7) is 7.80. The number of benzene rings is 1. The van der Waals surface area contributed by atoms with Gasteiger partial charge in [-0.25, -0.2) is 4.39 Å². The van der Waals surface area contributed by atoms with Crippen molar-refractivity contribution in [3.05, 3.63) is 30.1 Å². The standard InChI is InChI=1S/C18H27FN2O3/c19-16-1-3-18(4-2-16)24-14-17(22)13-21-6-5-15(12-21)11-20-7-9-23-10-8-20/h1-4,15,17,22H,5-14H2. The van der Waals surface area contributed by atoms with E-state index in [0.717, 1.165) is 45.9 Å². The number of ether oxygens (including phenoxy) is 2. The molecule has 1 aromatic carbocycles. The normalized spacial score (nSPS) is 24.2. The van der Waals surface area contributed by atoms with Gasteiger partial charge in [0.05, 0.1) is 13.2 Å². The van der Waals surface area contributed by atoms with E-state index in [-0.39, 0.29) is 12.4 Å². The molecule has 2 saturated heterocycles. The van der Waals surface area contributed by atoms with Crippen molar-refractivity contribution in [2.45, 2.75) is 12.5 Å². The summed E-state index contributed by atoms with van der Waals surface area (Å²) in [5, 5.41) is 10.2. The minimum Gasteiger partial charge on any atom is -0.491 e. The fourth-order valence-electron chi connectivity index (χ4n) is 3.45. The molecule has 2 aliphatic rings. The first-order chi connectivity index (χ1) is 11.7. The fourth-order valence-corrected chi connectivity index (χ4v) is 3.45. The minimum atomic E-state index is -0.530. The lowest BCUT2D eigenvalue weighted by Gasteiger charge is -2.29. The maximum absolute atomic E-state index is 12.8. The number of rotatable bonds is 7. The molecule has 2 fully saturated rings. The number of nitrogens with zero attached hydrogens (tertiary/aromatic N) is 2. The van der Waals surface area contributed by atoms with Gasteiger partial charge in [0.25, 0.3) is 0 Å². The van der Waals surface area contributed by atoms with Crippen LogP contribution in [-0.2, 0) is 4.74 Å². The number of halogens is 1. The van der Waals surface area contributed by atoms with Crippen LogP contribution in [0.15, 0.2) is 24.3 Å². The van der Waals surface area contributed by atoms with E-state index in [4.69, 9.17) is 9.47 Å². The van der Waals surface area contributed by atoms with Gasteiger partial charge in [0.15, 0.2) is 0 Å². The topological polar surface area (TPSA) is 45.2 Å². The highest BCUT2D eigenvalue weighted by Gasteiger charge is 2.26. The molecule has 2 atom stereocenters. The number of hydrogen-bond acceptors (Lipinski definition) is 5. The van der Waals surface area contributed by atoms with Crippen LogP contribution in [0.4, 0.5) is 4.39 Å². The predicted molar refractivity (Wildman–Crippen MR) is 89.7 cm³/mol. The Morgan fingerprint density at radius 1 is 1.17 bits per heavy atom. The van der Waals surface area contributed by atoms with Crippen molar-refractivity contribution in [1.29, 1.82) is 0 Å². The Hall–Kier alpha value is -1.21. The third-order valence-electron chi connectivity index (χ3n) is 4.72. The molecule has 0 saturated carbocycles. The van der Waals surface area contributed by atoms with E-state index in [9.17, 15) is 9.50 Å². The molecule has 3 rings (SSSR count). The van der Waals surface area contributed by atoms with Crippen molar-refractivity contribution in [2.24, 2.45) is 5.92 Å². The van der Waals surface area contributed by atoms with Crippen LogP contribution in [0, 0.1) is 11.7 Å². The summed E-state index contributed by atoms with van der Waals surface area (Å²) in [5.74, 6) is 0.974. The van der Waals surface area contributed by atoms with Crippen molar-refractivity contribution in [2.75, 3.05) is 59.1 Å². The van der Waals surface area contributed by atoms with Crippen LogP contribution in [-0.4, -0.2) is 80.1 Å². The van der Waals surface area contributed by atoms with Crippen LogP contribution in [0.3, 0.4) is 0 Å². The Morgan fingerprint density at radius 3 is 2.67 bits per heavy atom. The Kier molecular flexibility index (Phi) is 6.43. The summed E-state index contributed by atoms with van der Waals surface area (Å²) in [6.07, 6.45) is 0.653. The monoisotopic (exact) mass is 338 g/mol. The van der Waals surface area contributed by atoms with Crippen LogP contribution in [0.1, 0.15) is 6.42 Å². The highest BCUT2D eigenvalue weighted by Crippen LogP contribution is 2.18. The third-order valence-corrected chi connectivity index (χ3v) is 4.72. The van der Waals surface area contributed by atoms with Gasteiger partial charge in [-0.15, -0.1) is 0 Å². The van der Waals surface area contributed by atoms with E-state index in [0.29, 0.717) is 18.2 Å². The van der Waals surface area contributed by atoms with Crippen molar-refractivity contribution >= 4 is 0 Å². The van der Waals surface area contributed by atoms with E-state index in [2.05, 4.69) is 9.80 Å². The summed E-state index contributed by atoms with van der Waals surface area (Å²) in [7, 11) is 0. The number of likely N-dealkylation sites (tertiary alicyclic amines) is 1. The summed E-state index contributed by atoms with van der Waals surface area (Å²) >= 11 is 0. The lowest BCUT2D eigenvalue weighted by atomic mass is 10.1. The van der Waals surface area contributed by atoms with E-state index in [1.54, 1.807) is 12.1 Å². The second-order valence-electron chi connectivity index (χ2n) is 6.75. The second-order valence-corrected chi connectivity index (χ2v) is 6.75. The first kappa shape index (κ1) is 17.6. The maximum Gasteiger partial charge on any atom is 0.123 e. The number of hydrogen-bond donors (Lipinski definition) is 1. The zero-order chi connectivity index (χ0) is 16.8. The van der Waals surface area contributed by atoms with Crippen LogP contribution >= 0.6 is 0 Å². The second kappa shape index (κ2) is 8.76. The molecular weight excluding hydrogens is 311 g/mol. The molecule has 2 heterocycles. The van der Waals surface area contributed by atoms with Gasteiger partial charge < -0.3 is 19.5 Å². The van der Waals surface area contributed by atoms with E-state index < -0.39 is 6.10 Å². The van der Waals surface area contributed by atoms with Crippen molar-refractivity contribution in [1.82, 2.24) is 9.80 Å². The average molecular weight is 338 g/mol. The zero-order valence-corrected chi connectivity index (χ0v) is 14.1. The fraction of sp³-hybridized carbons (Fsp3) is 0.667. The zero-order valence-electron chi connectivity index (χ0n) is 14.1. The van der Waals surface area contributed by atoms with E-state index in [1.807, 2.05) is 0 Å². The Morgan fingerprint density at radius 2 is 1.92 bits per heavy atom. The van der Waals surface area contributed by atoms with Crippen molar-refractivity contribution in [3.8, 4) is 5.75 Å². The lowest BCUT2D eigenvalue weighted by molar-refractivity contribution is 0.0304. The molecule has 0 bridgehead atoms. The SMILES string of the molecule is OC(COc1ccc(F)cc1)CN1CCC(CN2CCOCC2)C1. The Labute approximate surface area is 143 Å². The quantitative estimate of drug-likeness (QED) is 0.810. The van der Waals surface area contributed by atoms with Crippen LogP contribution in [0.5, 0.6) is 5.75 Å². The summed E-state index contributed by atoms with van der Waals surface area (Å²) in [6, 6.07) is 5.88. The molecule has 0 amide bonds. The van der Waals surface area contributed by atoms with Gasteiger partial charge in [-0.1, -0.05) is 0 Å². The molecule has 5 nitrogen and oxygen atoms in total. The molecule has 134 valence electrons. The summed E-state index contributed by atoms with van der Waals surface area (Å²) in [5.41, 5.74) is 0. The van der Waals surface area contributed by atoms with E-state index in [1.165, 1.54) is 18.6 Å². The van der Waals surface area contributed by atoms with Crippen molar-refractivity contribution < 1.29 is 19.0 Å². The number of morpholine rings is 1. The van der Waals surface area contributed by atoms with Gasteiger partial charge in [-0.3, -0.25) is 4.90 Å². The molecule has 0 aromatic heterocycles. The number of aliphatic hydroxyl groups is 1. The van der Waals surface area contributed by atoms with Crippen LogP contribution < -0.4 is 4.74 Å². The molecule has 6 heteroatoms. The molecule has 0 spiro atoms. The van der Waals surface area contributed by atoms with E-state index >= 15 is 0 Å². The van der Waals surface area contributed by atoms with Gasteiger partial charge in [0.1, 0.15) is 24.3 Å². The highest BCUT2D eigenvalue weighted by atomic mass is 19.1. The molecule has 0 aliphatic carbocycles. The van der Waals surface area contributed by atoms with Gasteiger partial charge in [-0.2, -0.15) is 0 Å². The number of aliphatic hydroxyl groups excluding tert-OH is 1. The van der Waals surface area contributed by atoms with Gasteiger partial charge in [0, 0.05) is 32.7 Å². The summed E-state index contributed by atoms with van der Waals surface area (Å²) in [4.78, 5) is 4.79. The maximum atomic E-state index is 12.8. The van der Waals surface area contributed by atoms with Crippen LogP contribution in [0.25, 0.3) is 0 Å². The molecule has 1 aromatic rings. The average Bonchev–Trinajstić information content (AvgIpc) is 3.02. The van der Waals surface area contributed by atoms with Gasteiger partial charge in [-0.05, 0) is 43.1 Å². The number of β-amino-alcohol motifs (C(OH)–C–C–N with tert-alkyl or cyclic N) is 1. The molecular formula is C18H27FN2O3. The largest absolute Gasteiger partial charge is 0.491 e. The first-order valence-electron chi connectivity index (χ1n) is 8.78. The first-order valence-corrected chi connectivity index (χ1v) is 8.78.